The van der Waals surface area contributed by atoms with Crippen molar-refractivity contribution in [3.05, 3.63) is 214 Å². The molecule has 90 heavy (non-hydrogen) atoms. The van der Waals surface area contributed by atoms with Gasteiger partial charge in [-0.15, -0.1) is 0 Å². The number of fused-ring (bicyclic) bond motifs is 2. The fraction of sp³-hybridized carbons (Fsp3) is 0.250. The number of carbonyl (C=O) groups is 2. The van der Waals surface area contributed by atoms with E-state index in [9.17, 15) is 14.2 Å². The lowest BCUT2D eigenvalue weighted by Crippen LogP contribution is -2.23. The first-order valence-electron chi connectivity index (χ1n) is 29.3. The summed E-state index contributed by atoms with van der Waals surface area (Å²) < 4.78 is 80.9. The molecule has 2 N–H and O–H groups in total. The van der Waals surface area contributed by atoms with Crippen molar-refractivity contribution in [2.24, 2.45) is 11.8 Å². The second-order valence-electron chi connectivity index (χ2n) is 22.2. The third-order valence-electron chi connectivity index (χ3n) is 14.2. The van der Waals surface area contributed by atoms with E-state index in [1.54, 1.807) is 40.6 Å². The molecule has 0 saturated carbocycles. The fourth-order valence-electron chi connectivity index (χ4n) is 9.54. The van der Waals surface area contributed by atoms with Gasteiger partial charge >= 0.3 is 7.82 Å². The molecule has 468 valence electrons. The monoisotopic (exact) mass is 1240 g/mol. The van der Waals surface area contributed by atoms with Crippen LogP contribution in [0.15, 0.2) is 170 Å². The molecule has 10 rings (SSSR count). The standard InChI is InChI=1S/C41H40NO9P.C31H35NO6/c1-29(41(43)42-36-23-31(18-21-37(36)45-2)14-15-34-24-38(46-3)40-39(25-34)47-28-48-40)22-30-16-19-35(20-17-30)51-52(44,49-26-32-10-6-4-7-11-32)50-27-33-12-8-5-9-13-33;1-20(15-21-9-12-24(13-10-21)38-31(2,3)4)30(33)32-25-16-22(11-14-26(25)34-5)7-8-23-17-27(35-6)29-28(18-23)36-19-37-29/h4-21,23-25,29H,22,26-28H2,1-3H3,(H,42,43);7-14,16-18,20H,15,19H2,1-6H3,(H,32,33)/b15-14-;8-7-/t29-;20-/m00/s1. The summed E-state index contributed by atoms with van der Waals surface area (Å²) >= 11 is 0. The second kappa shape index (κ2) is 30.5. The van der Waals surface area contributed by atoms with Gasteiger partial charge in [-0.3, -0.25) is 18.6 Å². The number of carbonyl (C=O) groups excluding carboxylic acids is 2. The molecular weight excluding hydrogens is 1160 g/mol. The number of amides is 2. The highest BCUT2D eigenvalue weighted by Gasteiger charge is 2.30. The van der Waals surface area contributed by atoms with Crippen molar-refractivity contribution in [2.45, 2.75) is 66.3 Å². The normalized spacial score (nSPS) is 13.0. The van der Waals surface area contributed by atoms with Gasteiger partial charge in [0.1, 0.15) is 28.6 Å². The molecular formula is C72H75N2O15P. The summed E-state index contributed by atoms with van der Waals surface area (Å²) in [7, 11) is 2.32. The Labute approximate surface area is 526 Å². The molecule has 8 aromatic carbocycles. The number of rotatable bonds is 25. The Morgan fingerprint density at radius 3 is 1.28 bits per heavy atom. The number of nitrogens with one attached hydrogen (secondary N) is 2. The highest BCUT2D eigenvalue weighted by Crippen LogP contribution is 2.51. The van der Waals surface area contributed by atoms with E-state index in [2.05, 4.69) is 10.6 Å². The van der Waals surface area contributed by atoms with E-state index in [-0.39, 0.29) is 56.1 Å². The minimum atomic E-state index is -4.01. The third kappa shape index (κ3) is 18.2. The molecule has 2 atom stereocenters. The topological polar surface area (TPSA) is 186 Å². The maximum absolute atomic E-state index is 13.8. The predicted molar refractivity (Wildman–Crippen MR) is 349 cm³/mol. The van der Waals surface area contributed by atoms with Gasteiger partial charge in [-0.25, -0.2) is 4.57 Å². The molecule has 2 heterocycles. The van der Waals surface area contributed by atoms with Gasteiger partial charge in [-0.2, -0.15) is 0 Å². The number of hydrogen-bond donors (Lipinski definition) is 2. The van der Waals surface area contributed by atoms with E-state index in [0.29, 0.717) is 76.0 Å². The third-order valence-corrected chi connectivity index (χ3v) is 15.5. The van der Waals surface area contributed by atoms with Crippen molar-refractivity contribution in [1.29, 1.82) is 0 Å². The zero-order chi connectivity index (χ0) is 63.6. The molecule has 0 spiro atoms. The van der Waals surface area contributed by atoms with E-state index < -0.39 is 7.82 Å². The van der Waals surface area contributed by atoms with Crippen molar-refractivity contribution in [1.82, 2.24) is 0 Å². The van der Waals surface area contributed by atoms with E-state index >= 15 is 0 Å². The first-order chi connectivity index (χ1) is 43.4. The van der Waals surface area contributed by atoms with Crippen LogP contribution < -0.4 is 57.8 Å². The van der Waals surface area contributed by atoms with Gasteiger partial charge in [0.15, 0.2) is 23.0 Å². The predicted octanol–water partition coefficient (Wildman–Crippen LogP) is 15.9. The average molecular weight is 1240 g/mol. The van der Waals surface area contributed by atoms with Crippen molar-refractivity contribution < 1.29 is 70.4 Å². The van der Waals surface area contributed by atoms with Crippen LogP contribution in [-0.4, -0.2) is 59.4 Å². The van der Waals surface area contributed by atoms with Crippen LogP contribution >= 0.6 is 7.82 Å². The molecule has 2 amide bonds. The van der Waals surface area contributed by atoms with Crippen molar-refractivity contribution in [3.8, 4) is 57.5 Å². The summed E-state index contributed by atoms with van der Waals surface area (Å²) in [6.07, 6.45) is 8.82. The highest BCUT2D eigenvalue weighted by molar-refractivity contribution is 7.48. The summed E-state index contributed by atoms with van der Waals surface area (Å²) in [5.74, 6) is 5.07. The Kier molecular flexibility index (Phi) is 22.0. The molecule has 0 radical (unpaired) electrons. The summed E-state index contributed by atoms with van der Waals surface area (Å²) in [6, 6.07) is 52.5. The van der Waals surface area contributed by atoms with Crippen LogP contribution in [-0.2, 0) is 49.3 Å². The van der Waals surface area contributed by atoms with Gasteiger partial charge < -0.3 is 57.8 Å². The fourth-order valence-corrected chi connectivity index (χ4v) is 10.7. The number of hydrogen-bond acceptors (Lipinski definition) is 15. The van der Waals surface area contributed by atoms with E-state index in [4.69, 9.17) is 56.2 Å². The molecule has 0 aromatic heterocycles. The van der Waals surface area contributed by atoms with Crippen LogP contribution in [0.5, 0.6) is 57.5 Å². The number of ether oxygens (including phenoxy) is 9. The average Bonchev–Trinajstić information content (AvgIpc) is 2.24. The Morgan fingerprint density at radius 1 is 0.478 bits per heavy atom. The number of phosphoric ester groups is 1. The minimum Gasteiger partial charge on any atom is -0.495 e. The lowest BCUT2D eigenvalue weighted by Gasteiger charge is -2.21. The zero-order valence-corrected chi connectivity index (χ0v) is 52.8. The smallest absolute Gasteiger partial charge is 0.495 e. The van der Waals surface area contributed by atoms with Gasteiger partial charge in [0.2, 0.25) is 36.9 Å². The van der Waals surface area contributed by atoms with Gasteiger partial charge in [-0.1, -0.05) is 135 Å². The van der Waals surface area contributed by atoms with E-state index in [1.165, 1.54) is 0 Å². The molecule has 0 unspecified atom stereocenters. The number of phosphoric acid groups is 1. The van der Waals surface area contributed by atoms with Crippen molar-refractivity contribution >= 4 is 55.3 Å². The number of benzene rings is 8. The van der Waals surface area contributed by atoms with E-state index in [1.807, 2.05) is 217 Å². The number of methoxy groups -OCH3 is 4. The molecule has 0 aliphatic carbocycles. The summed E-state index contributed by atoms with van der Waals surface area (Å²) in [6.45, 7) is 10.2. The minimum absolute atomic E-state index is 0.0523. The van der Waals surface area contributed by atoms with Gasteiger partial charge in [0, 0.05) is 11.8 Å². The molecule has 0 saturated heterocycles. The zero-order valence-electron chi connectivity index (χ0n) is 51.9. The Morgan fingerprint density at radius 2 is 0.878 bits per heavy atom. The van der Waals surface area contributed by atoms with Gasteiger partial charge in [-0.05, 0) is 151 Å². The maximum Gasteiger partial charge on any atom is 0.530 e. The van der Waals surface area contributed by atoms with Gasteiger partial charge in [0.05, 0.1) is 53.0 Å². The SMILES string of the molecule is COc1ccc(/C=C\c2cc(OC)c3c(c2)OCO3)cc1NC(=O)[C@@H](C)Cc1ccc(OC(C)(C)C)cc1.COc1ccc(/C=C\c2cc(OC)c3c(c2)OCO3)cc1NC(=O)[C@@H](C)Cc1ccc(OP(=O)(OCc2ccccc2)OCc2ccccc2)cc1. The van der Waals surface area contributed by atoms with Crippen LogP contribution in [0.1, 0.15) is 79.1 Å². The van der Waals surface area contributed by atoms with Crippen LogP contribution in [0.3, 0.4) is 0 Å². The molecule has 17 nitrogen and oxygen atoms in total. The molecule has 18 heteroatoms. The maximum atomic E-state index is 13.8. The van der Waals surface area contributed by atoms with E-state index in [0.717, 1.165) is 50.3 Å². The van der Waals surface area contributed by atoms with Crippen LogP contribution in [0.2, 0.25) is 0 Å². The van der Waals surface area contributed by atoms with Gasteiger partial charge in [0.25, 0.3) is 0 Å². The van der Waals surface area contributed by atoms with Crippen molar-refractivity contribution in [3.63, 3.8) is 0 Å². The lowest BCUT2D eigenvalue weighted by molar-refractivity contribution is -0.120. The first kappa shape index (κ1) is 64.8. The number of anilines is 2. The lowest BCUT2D eigenvalue weighted by atomic mass is 10.00. The molecule has 0 fully saturated rings. The van der Waals surface area contributed by atoms with Crippen LogP contribution in [0.4, 0.5) is 11.4 Å². The largest absolute Gasteiger partial charge is 0.530 e. The molecule has 8 aromatic rings. The Hall–Kier alpha value is -9.67. The second-order valence-corrected chi connectivity index (χ2v) is 23.8. The Bertz CT molecular complexity index is 3780. The summed E-state index contributed by atoms with van der Waals surface area (Å²) in [5, 5.41) is 6.06. The molecule has 2 aliphatic rings. The quantitative estimate of drug-likeness (QED) is 0.0406. The van der Waals surface area contributed by atoms with Crippen LogP contribution in [0, 0.1) is 11.8 Å². The summed E-state index contributed by atoms with van der Waals surface area (Å²) in [4.78, 5) is 26.4. The highest BCUT2D eigenvalue weighted by atomic mass is 31.2. The van der Waals surface area contributed by atoms with Crippen LogP contribution in [0.25, 0.3) is 24.3 Å². The molecule has 2 aliphatic heterocycles. The molecule has 0 bridgehead atoms. The van der Waals surface area contributed by atoms with Crippen molar-refractivity contribution in [2.75, 3.05) is 52.7 Å². The Balaban J connectivity index is 0.000000224. The summed E-state index contributed by atoms with van der Waals surface area (Å²) in [5.41, 5.74) is 8.07. The first-order valence-corrected chi connectivity index (χ1v) is 30.7.